The van der Waals surface area contributed by atoms with Crippen molar-refractivity contribution >= 4 is 23.2 Å². The van der Waals surface area contributed by atoms with Gasteiger partial charge in [0.2, 0.25) is 5.91 Å². The Morgan fingerprint density at radius 2 is 1.88 bits per heavy atom. The second-order valence-corrected chi connectivity index (χ2v) is 9.30. The van der Waals surface area contributed by atoms with Crippen molar-refractivity contribution in [3.8, 4) is 0 Å². The lowest BCUT2D eigenvalue weighted by atomic mass is 9.94. The molecule has 0 unspecified atom stereocenters. The number of carbonyl (C=O) groups excluding carboxylic acids is 1. The van der Waals surface area contributed by atoms with Crippen LogP contribution < -0.4 is 10.6 Å². The van der Waals surface area contributed by atoms with E-state index in [1.54, 1.807) is 0 Å². The van der Waals surface area contributed by atoms with Gasteiger partial charge < -0.3 is 15.1 Å². The van der Waals surface area contributed by atoms with Crippen molar-refractivity contribution in [3.05, 3.63) is 0 Å². The van der Waals surface area contributed by atoms with E-state index in [0.717, 1.165) is 50.4 Å². The summed E-state index contributed by atoms with van der Waals surface area (Å²) in [6.45, 7) is 15.7. The molecule has 2 N–H and O–H groups in total. The van der Waals surface area contributed by atoms with E-state index in [1.165, 1.54) is 0 Å². The minimum absolute atomic E-state index is 0.0358. The van der Waals surface area contributed by atoms with E-state index >= 15 is 0 Å². The molecule has 2 atom stereocenters. The molecule has 0 aromatic rings. The SMILES string of the molecule is CC[C@@H](C)CN1C(=O)[C@@H](CC(C)C)NC12CCN(C(=S)NC(C)C)CC2. The van der Waals surface area contributed by atoms with E-state index in [2.05, 4.69) is 62.0 Å². The molecule has 6 heteroatoms. The number of hydrogen-bond acceptors (Lipinski definition) is 3. The molecule has 1 spiro atoms. The van der Waals surface area contributed by atoms with E-state index in [9.17, 15) is 4.79 Å². The number of amides is 1. The monoisotopic (exact) mass is 382 g/mol. The second kappa shape index (κ2) is 8.87. The normalized spacial score (nSPS) is 24.0. The lowest BCUT2D eigenvalue weighted by Crippen LogP contribution is -2.61. The predicted octanol–water partition coefficient (Wildman–Crippen LogP) is 2.95. The fourth-order valence-corrected chi connectivity index (χ4v) is 4.45. The summed E-state index contributed by atoms with van der Waals surface area (Å²) in [6, 6.07) is 0.313. The topological polar surface area (TPSA) is 47.6 Å². The van der Waals surface area contributed by atoms with Gasteiger partial charge in [-0.25, -0.2) is 0 Å². The Morgan fingerprint density at radius 3 is 2.38 bits per heavy atom. The van der Waals surface area contributed by atoms with Crippen LogP contribution in [0.3, 0.4) is 0 Å². The predicted molar refractivity (Wildman–Crippen MR) is 112 cm³/mol. The third-order valence-electron chi connectivity index (χ3n) is 5.71. The highest BCUT2D eigenvalue weighted by atomic mass is 32.1. The first-order chi connectivity index (χ1) is 12.2. The van der Waals surface area contributed by atoms with E-state index in [0.29, 0.717) is 23.8 Å². The Labute approximate surface area is 165 Å². The number of piperidine rings is 1. The first-order valence-electron chi connectivity index (χ1n) is 10.3. The van der Waals surface area contributed by atoms with Crippen LogP contribution in [0.25, 0.3) is 0 Å². The molecule has 0 aromatic heterocycles. The molecule has 0 radical (unpaired) electrons. The van der Waals surface area contributed by atoms with Gasteiger partial charge in [-0.15, -0.1) is 0 Å². The third kappa shape index (κ3) is 4.89. The highest BCUT2D eigenvalue weighted by Crippen LogP contribution is 2.35. The van der Waals surface area contributed by atoms with Gasteiger partial charge in [0.25, 0.3) is 0 Å². The van der Waals surface area contributed by atoms with Crippen molar-refractivity contribution in [2.45, 2.75) is 85.0 Å². The summed E-state index contributed by atoms with van der Waals surface area (Å²) < 4.78 is 0. The summed E-state index contributed by atoms with van der Waals surface area (Å²) in [6.07, 6.45) is 3.88. The highest BCUT2D eigenvalue weighted by molar-refractivity contribution is 7.80. The molecule has 2 fully saturated rings. The minimum Gasteiger partial charge on any atom is -0.360 e. The van der Waals surface area contributed by atoms with Crippen LogP contribution in [0.15, 0.2) is 0 Å². The molecule has 150 valence electrons. The van der Waals surface area contributed by atoms with E-state index in [4.69, 9.17) is 12.2 Å². The number of likely N-dealkylation sites (tertiary alicyclic amines) is 1. The molecular formula is C20H38N4OS. The van der Waals surface area contributed by atoms with Crippen LogP contribution in [0, 0.1) is 11.8 Å². The van der Waals surface area contributed by atoms with Gasteiger partial charge in [0.1, 0.15) is 0 Å². The molecule has 26 heavy (non-hydrogen) atoms. The van der Waals surface area contributed by atoms with Crippen LogP contribution in [0.2, 0.25) is 0 Å². The number of rotatable bonds is 6. The standard InChI is InChI=1S/C20H38N4OS/c1-7-16(6)13-24-18(25)17(12-14(2)3)22-20(24)8-10-23(11-9-20)19(26)21-15(4)5/h14-17,22H,7-13H2,1-6H3,(H,21,26)/t16-,17-/m1/s1. The molecule has 0 aliphatic carbocycles. The number of carbonyl (C=O) groups is 1. The quantitative estimate of drug-likeness (QED) is 0.692. The zero-order valence-electron chi connectivity index (χ0n) is 17.5. The number of nitrogens with zero attached hydrogens (tertiary/aromatic N) is 2. The summed E-state index contributed by atoms with van der Waals surface area (Å²) in [5, 5.41) is 7.94. The number of nitrogens with one attached hydrogen (secondary N) is 2. The maximum atomic E-state index is 13.1. The third-order valence-corrected chi connectivity index (χ3v) is 6.09. The molecule has 2 saturated heterocycles. The molecule has 0 bridgehead atoms. The second-order valence-electron chi connectivity index (χ2n) is 8.91. The van der Waals surface area contributed by atoms with Crippen LogP contribution in [0.1, 0.15) is 67.2 Å². The summed E-state index contributed by atoms with van der Waals surface area (Å²) in [5.41, 5.74) is -0.190. The van der Waals surface area contributed by atoms with Gasteiger partial charge >= 0.3 is 0 Å². The van der Waals surface area contributed by atoms with Crippen molar-refractivity contribution in [2.24, 2.45) is 11.8 Å². The Bertz CT molecular complexity index is 500. The minimum atomic E-state index is -0.190. The Hall–Kier alpha value is -0.880. The van der Waals surface area contributed by atoms with E-state index in [1.807, 2.05) is 0 Å². The Balaban J connectivity index is 2.11. The lowest BCUT2D eigenvalue weighted by Gasteiger charge is -2.46. The Kier molecular flexibility index (Phi) is 7.31. The van der Waals surface area contributed by atoms with Crippen LogP contribution in [-0.4, -0.2) is 58.2 Å². The van der Waals surface area contributed by atoms with Gasteiger partial charge in [0.15, 0.2) is 5.11 Å². The average Bonchev–Trinajstić information content (AvgIpc) is 2.79. The maximum absolute atomic E-state index is 13.1. The molecule has 0 aromatic carbocycles. The maximum Gasteiger partial charge on any atom is 0.241 e. The first kappa shape index (κ1) is 21.4. The number of hydrogen-bond donors (Lipinski definition) is 2. The molecule has 2 aliphatic rings. The molecule has 1 amide bonds. The molecule has 2 heterocycles. The summed E-state index contributed by atoms with van der Waals surface area (Å²) in [5.74, 6) is 1.34. The van der Waals surface area contributed by atoms with Crippen LogP contribution in [0.5, 0.6) is 0 Å². The smallest absolute Gasteiger partial charge is 0.241 e. The van der Waals surface area contributed by atoms with Crippen molar-refractivity contribution in [1.29, 1.82) is 0 Å². The van der Waals surface area contributed by atoms with E-state index in [-0.39, 0.29) is 11.7 Å². The van der Waals surface area contributed by atoms with Crippen LogP contribution in [-0.2, 0) is 4.79 Å². The van der Waals surface area contributed by atoms with Crippen molar-refractivity contribution in [3.63, 3.8) is 0 Å². The highest BCUT2D eigenvalue weighted by Gasteiger charge is 2.51. The summed E-state index contributed by atoms with van der Waals surface area (Å²) in [4.78, 5) is 17.6. The van der Waals surface area contributed by atoms with Crippen molar-refractivity contribution < 1.29 is 4.79 Å². The van der Waals surface area contributed by atoms with E-state index < -0.39 is 0 Å². The van der Waals surface area contributed by atoms with Gasteiger partial charge in [-0.3, -0.25) is 10.1 Å². The summed E-state index contributed by atoms with van der Waals surface area (Å²) in [7, 11) is 0. The average molecular weight is 383 g/mol. The lowest BCUT2D eigenvalue weighted by molar-refractivity contribution is -0.134. The van der Waals surface area contributed by atoms with Gasteiger partial charge in [-0.1, -0.05) is 34.1 Å². The summed E-state index contributed by atoms with van der Waals surface area (Å²) >= 11 is 5.55. The fraction of sp³-hybridized carbons (Fsp3) is 0.900. The van der Waals surface area contributed by atoms with Gasteiger partial charge in [-0.2, -0.15) is 0 Å². The zero-order chi connectivity index (χ0) is 19.5. The zero-order valence-corrected chi connectivity index (χ0v) is 18.3. The molecular weight excluding hydrogens is 344 g/mol. The first-order valence-corrected chi connectivity index (χ1v) is 10.7. The largest absolute Gasteiger partial charge is 0.360 e. The Morgan fingerprint density at radius 1 is 1.27 bits per heavy atom. The van der Waals surface area contributed by atoms with Gasteiger partial charge in [0, 0.05) is 38.5 Å². The van der Waals surface area contributed by atoms with Crippen molar-refractivity contribution in [1.82, 2.24) is 20.4 Å². The molecule has 2 aliphatic heterocycles. The van der Waals surface area contributed by atoms with Gasteiger partial charge in [-0.05, 0) is 44.3 Å². The fourth-order valence-electron chi connectivity index (χ4n) is 4.03. The van der Waals surface area contributed by atoms with Crippen molar-refractivity contribution in [2.75, 3.05) is 19.6 Å². The number of thiocarbonyl (C=S) groups is 1. The van der Waals surface area contributed by atoms with Gasteiger partial charge in [0.05, 0.1) is 11.7 Å². The molecule has 5 nitrogen and oxygen atoms in total. The molecule has 2 rings (SSSR count). The molecule has 0 saturated carbocycles. The van der Waals surface area contributed by atoms with Crippen LogP contribution >= 0.6 is 12.2 Å². The van der Waals surface area contributed by atoms with Crippen LogP contribution in [0.4, 0.5) is 0 Å².